The molecule has 27 heavy (non-hydrogen) atoms. The maximum Gasteiger partial charge on any atom is 0.415 e. The minimum Gasteiger partial charge on any atom is -0.497 e. The van der Waals surface area contributed by atoms with Gasteiger partial charge in [-0.05, 0) is 51.1 Å². The van der Waals surface area contributed by atoms with Gasteiger partial charge >= 0.3 is 11.8 Å². The molecule has 8 nitrogen and oxygen atoms in total. The number of nitro groups is 1. The van der Waals surface area contributed by atoms with E-state index in [0.717, 1.165) is 0 Å². The summed E-state index contributed by atoms with van der Waals surface area (Å²) in [5, 5.41) is 11.3. The molecule has 0 aromatic heterocycles. The summed E-state index contributed by atoms with van der Waals surface area (Å²) in [6.45, 7) is 5.48. The van der Waals surface area contributed by atoms with Crippen LogP contribution in [0.25, 0.3) is 0 Å². The molecule has 0 heterocycles. The van der Waals surface area contributed by atoms with E-state index in [9.17, 15) is 14.9 Å². The van der Waals surface area contributed by atoms with Crippen LogP contribution in [0.5, 0.6) is 23.0 Å². The van der Waals surface area contributed by atoms with E-state index in [1.165, 1.54) is 23.1 Å². The molecule has 0 fully saturated rings. The van der Waals surface area contributed by atoms with Gasteiger partial charge in [0.1, 0.15) is 17.2 Å². The third-order valence-electron chi connectivity index (χ3n) is 3.90. The van der Waals surface area contributed by atoms with Gasteiger partial charge in [0.25, 0.3) is 0 Å². The lowest BCUT2D eigenvalue weighted by Crippen LogP contribution is -2.44. The van der Waals surface area contributed by atoms with Crippen molar-refractivity contribution >= 4 is 11.8 Å². The second-order valence-corrected chi connectivity index (χ2v) is 6.76. The Balaban J connectivity index is 2.27. The number of methoxy groups -OCH3 is 1. The molecule has 0 N–H and O–H groups in total. The standard InChI is InChI=1S/C19H22N2O6/c1-19(2,3)20(4)18(22)27-17-12-15(10-11-16(17)21(23)24)26-14-8-6-13(25-5)7-9-14/h6-12H,1-5H3. The number of carbonyl (C=O) groups excluding carboxylic acids is 1. The molecule has 0 saturated heterocycles. The lowest BCUT2D eigenvalue weighted by atomic mass is 10.1. The average molecular weight is 374 g/mol. The van der Waals surface area contributed by atoms with Crippen LogP contribution in [-0.4, -0.2) is 35.6 Å². The summed E-state index contributed by atoms with van der Waals surface area (Å²) in [6.07, 6.45) is -0.702. The Morgan fingerprint density at radius 2 is 1.59 bits per heavy atom. The normalized spacial score (nSPS) is 10.9. The SMILES string of the molecule is COc1ccc(Oc2ccc([N+](=O)[O-])c(OC(=O)N(C)C(C)(C)C)c2)cc1. The van der Waals surface area contributed by atoms with Gasteiger partial charge < -0.3 is 19.1 Å². The van der Waals surface area contributed by atoms with Crippen LogP contribution in [0, 0.1) is 10.1 Å². The van der Waals surface area contributed by atoms with Crippen LogP contribution >= 0.6 is 0 Å². The van der Waals surface area contributed by atoms with Crippen LogP contribution in [0.15, 0.2) is 42.5 Å². The lowest BCUT2D eigenvalue weighted by Gasteiger charge is -2.30. The van der Waals surface area contributed by atoms with Crippen molar-refractivity contribution in [1.82, 2.24) is 4.90 Å². The van der Waals surface area contributed by atoms with Gasteiger partial charge in [-0.15, -0.1) is 0 Å². The van der Waals surface area contributed by atoms with Gasteiger partial charge in [0.2, 0.25) is 5.75 Å². The summed E-state index contributed by atoms with van der Waals surface area (Å²) in [4.78, 5) is 24.3. The van der Waals surface area contributed by atoms with E-state index in [2.05, 4.69) is 0 Å². The van der Waals surface area contributed by atoms with Crippen molar-refractivity contribution < 1.29 is 23.9 Å². The first kappa shape index (κ1) is 20.0. The van der Waals surface area contributed by atoms with Gasteiger partial charge in [0.15, 0.2) is 0 Å². The first-order valence-corrected chi connectivity index (χ1v) is 8.18. The van der Waals surface area contributed by atoms with Gasteiger partial charge in [0, 0.05) is 24.7 Å². The maximum absolute atomic E-state index is 12.3. The maximum atomic E-state index is 12.3. The van der Waals surface area contributed by atoms with Gasteiger partial charge in [-0.1, -0.05) is 0 Å². The van der Waals surface area contributed by atoms with Crippen molar-refractivity contribution in [2.75, 3.05) is 14.2 Å². The first-order chi connectivity index (χ1) is 12.6. The molecule has 1 amide bonds. The number of hydrogen-bond acceptors (Lipinski definition) is 6. The number of benzene rings is 2. The largest absolute Gasteiger partial charge is 0.497 e. The predicted molar refractivity (Wildman–Crippen MR) is 99.7 cm³/mol. The van der Waals surface area contributed by atoms with Crippen LogP contribution in [0.4, 0.5) is 10.5 Å². The third kappa shape index (κ3) is 5.10. The molecule has 0 spiro atoms. The fourth-order valence-corrected chi connectivity index (χ4v) is 2.01. The lowest BCUT2D eigenvalue weighted by molar-refractivity contribution is -0.385. The zero-order chi connectivity index (χ0) is 20.2. The Morgan fingerprint density at radius 3 is 2.11 bits per heavy atom. The molecular weight excluding hydrogens is 352 g/mol. The molecule has 2 aromatic rings. The molecule has 0 atom stereocenters. The first-order valence-electron chi connectivity index (χ1n) is 8.18. The Bertz CT molecular complexity index is 827. The van der Waals surface area contributed by atoms with Gasteiger partial charge in [-0.25, -0.2) is 4.79 Å². The summed E-state index contributed by atoms with van der Waals surface area (Å²) in [5.41, 5.74) is -0.823. The molecule has 8 heteroatoms. The predicted octanol–water partition coefficient (Wildman–Crippen LogP) is 4.62. The molecule has 0 bridgehead atoms. The van der Waals surface area contributed by atoms with Crippen LogP contribution in [0.2, 0.25) is 0 Å². The van der Waals surface area contributed by atoms with Crippen molar-refractivity contribution in [2.45, 2.75) is 26.3 Å². The second kappa shape index (κ2) is 7.94. The molecule has 0 radical (unpaired) electrons. The molecule has 0 aliphatic heterocycles. The highest BCUT2D eigenvalue weighted by molar-refractivity contribution is 5.73. The Kier molecular flexibility index (Phi) is 5.89. The summed E-state index contributed by atoms with van der Waals surface area (Å²) in [7, 11) is 3.12. The number of carbonyl (C=O) groups is 1. The Labute approximate surface area is 157 Å². The fraction of sp³-hybridized carbons (Fsp3) is 0.316. The van der Waals surface area contributed by atoms with E-state index in [0.29, 0.717) is 17.2 Å². The van der Waals surface area contributed by atoms with Gasteiger partial charge in [-0.2, -0.15) is 0 Å². The summed E-state index contributed by atoms with van der Waals surface area (Å²) < 4.78 is 16.0. The van der Waals surface area contributed by atoms with Crippen molar-refractivity contribution in [3.8, 4) is 23.0 Å². The van der Waals surface area contributed by atoms with Crippen LogP contribution in [0.3, 0.4) is 0 Å². The summed E-state index contributed by atoms with van der Waals surface area (Å²) in [5.74, 6) is 1.29. The van der Waals surface area contributed by atoms with E-state index in [4.69, 9.17) is 14.2 Å². The fourth-order valence-electron chi connectivity index (χ4n) is 2.01. The number of ether oxygens (including phenoxy) is 3. The minimum atomic E-state index is -0.702. The third-order valence-corrected chi connectivity index (χ3v) is 3.90. The summed E-state index contributed by atoms with van der Waals surface area (Å²) >= 11 is 0. The molecule has 0 aliphatic carbocycles. The Morgan fingerprint density at radius 1 is 1.04 bits per heavy atom. The smallest absolute Gasteiger partial charge is 0.415 e. The molecule has 0 saturated carbocycles. The van der Waals surface area contributed by atoms with E-state index in [1.807, 2.05) is 20.8 Å². The van der Waals surface area contributed by atoms with Crippen molar-refractivity contribution in [3.63, 3.8) is 0 Å². The molecule has 0 unspecified atom stereocenters. The number of rotatable bonds is 5. The van der Waals surface area contributed by atoms with E-state index >= 15 is 0 Å². The van der Waals surface area contributed by atoms with Crippen molar-refractivity contribution in [3.05, 3.63) is 52.6 Å². The molecule has 2 rings (SSSR count). The van der Waals surface area contributed by atoms with E-state index < -0.39 is 16.6 Å². The van der Waals surface area contributed by atoms with Crippen LogP contribution < -0.4 is 14.2 Å². The Hall–Kier alpha value is -3.29. The number of nitrogens with zero attached hydrogens (tertiary/aromatic N) is 2. The minimum absolute atomic E-state index is 0.188. The van der Waals surface area contributed by atoms with E-state index in [1.54, 1.807) is 38.4 Å². The quantitative estimate of drug-likeness (QED) is 0.560. The number of hydrogen-bond donors (Lipinski definition) is 0. The highest BCUT2D eigenvalue weighted by atomic mass is 16.6. The molecule has 2 aromatic carbocycles. The molecular formula is C19H22N2O6. The highest BCUT2D eigenvalue weighted by Crippen LogP contribution is 2.34. The zero-order valence-electron chi connectivity index (χ0n) is 15.9. The number of nitro benzene ring substituents is 1. The zero-order valence-corrected chi connectivity index (χ0v) is 15.9. The highest BCUT2D eigenvalue weighted by Gasteiger charge is 2.27. The van der Waals surface area contributed by atoms with Gasteiger partial charge in [-0.3, -0.25) is 10.1 Å². The second-order valence-electron chi connectivity index (χ2n) is 6.76. The summed E-state index contributed by atoms with van der Waals surface area (Å²) in [6, 6.07) is 10.8. The van der Waals surface area contributed by atoms with Crippen LogP contribution in [-0.2, 0) is 0 Å². The molecule has 0 aliphatic rings. The monoisotopic (exact) mass is 374 g/mol. The van der Waals surface area contributed by atoms with E-state index in [-0.39, 0.29) is 11.4 Å². The van der Waals surface area contributed by atoms with Crippen molar-refractivity contribution in [1.29, 1.82) is 0 Å². The van der Waals surface area contributed by atoms with Crippen molar-refractivity contribution in [2.24, 2.45) is 0 Å². The van der Waals surface area contributed by atoms with Gasteiger partial charge in [0.05, 0.1) is 12.0 Å². The topological polar surface area (TPSA) is 91.1 Å². The number of amides is 1. The van der Waals surface area contributed by atoms with Crippen LogP contribution in [0.1, 0.15) is 20.8 Å². The average Bonchev–Trinajstić information content (AvgIpc) is 2.60. The molecule has 144 valence electrons.